The zero-order chi connectivity index (χ0) is 24.1. The summed E-state index contributed by atoms with van der Waals surface area (Å²) in [4.78, 5) is 36.8. The molecule has 1 amide bonds. The number of benzene rings is 1. The van der Waals surface area contributed by atoms with Gasteiger partial charge in [0.05, 0.1) is 31.8 Å². The van der Waals surface area contributed by atoms with Crippen molar-refractivity contribution in [1.29, 1.82) is 0 Å². The van der Waals surface area contributed by atoms with E-state index in [1.165, 1.54) is 32.7 Å². The number of hydrogen-bond acceptors (Lipinski definition) is 7. The van der Waals surface area contributed by atoms with Crippen LogP contribution in [0.3, 0.4) is 0 Å². The number of methoxy groups -OCH3 is 2. The van der Waals surface area contributed by atoms with Crippen LogP contribution in [0.1, 0.15) is 43.9 Å². The van der Waals surface area contributed by atoms with E-state index in [4.69, 9.17) is 14.2 Å². The van der Waals surface area contributed by atoms with Gasteiger partial charge in [0, 0.05) is 18.9 Å². The van der Waals surface area contributed by atoms with E-state index in [0.29, 0.717) is 35.0 Å². The molecule has 0 bridgehead atoms. The van der Waals surface area contributed by atoms with Crippen molar-refractivity contribution in [2.24, 2.45) is 0 Å². The molecule has 1 aliphatic rings. The van der Waals surface area contributed by atoms with Gasteiger partial charge in [-0.15, -0.1) is 11.8 Å². The highest BCUT2D eigenvalue weighted by molar-refractivity contribution is 7.98. The quantitative estimate of drug-likeness (QED) is 0.583. The second-order valence-corrected chi connectivity index (χ2v) is 8.69. The predicted molar refractivity (Wildman–Crippen MR) is 129 cm³/mol. The third kappa shape index (κ3) is 5.33. The molecule has 1 aliphatic carbocycles. The Morgan fingerprint density at radius 3 is 2.45 bits per heavy atom. The second kappa shape index (κ2) is 10.7. The minimum absolute atomic E-state index is 0.0354. The molecule has 3 rings (SSSR count). The summed E-state index contributed by atoms with van der Waals surface area (Å²) in [7, 11) is 3.09. The molecule has 8 heteroatoms. The number of Topliss-reactive ketones (excluding diaryl/α,β-unsaturated/α-hetero) is 1. The van der Waals surface area contributed by atoms with Crippen molar-refractivity contribution >= 4 is 23.5 Å². The molecule has 7 nitrogen and oxygen atoms in total. The van der Waals surface area contributed by atoms with Crippen LogP contribution in [0.5, 0.6) is 17.2 Å². The van der Waals surface area contributed by atoms with Gasteiger partial charge in [-0.3, -0.25) is 14.4 Å². The fraction of sp³-hybridized carbons (Fsp3) is 0.400. The molecule has 1 N–H and O–H groups in total. The van der Waals surface area contributed by atoms with Crippen LogP contribution < -0.4 is 25.0 Å². The van der Waals surface area contributed by atoms with E-state index in [0.717, 1.165) is 22.3 Å². The van der Waals surface area contributed by atoms with Crippen molar-refractivity contribution in [2.75, 3.05) is 27.1 Å². The Labute approximate surface area is 197 Å². The van der Waals surface area contributed by atoms with Crippen molar-refractivity contribution in [3.63, 3.8) is 0 Å². The minimum Gasteiger partial charge on any atom is -0.492 e. The van der Waals surface area contributed by atoms with E-state index in [2.05, 4.69) is 5.32 Å². The highest BCUT2D eigenvalue weighted by Crippen LogP contribution is 2.50. The minimum atomic E-state index is -0.336. The largest absolute Gasteiger partial charge is 0.492 e. The van der Waals surface area contributed by atoms with Gasteiger partial charge in [-0.05, 0) is 60.9 Å². The first-order valence-electron chi connectivity index (χ1n) is 10.7. The van der Waals surface area contributed by atoms with Crippen molar-refractivity contribution in [3.05, 3.63) is 45.6 Å². The summed E-state index contributed by atoms with van der Waals surface area (Å²) in [5.41, 5.74) is 3.18. The predicted octanol–water partition coefficient (Wildman–Crippen LogP) is 3.93. The maximum absolute atomic E-state index is 12.8. The standard InChI is InChI=1S/C25H29NO6S/c1-14(27)10-11-32-21-12-16-6-8-19(26-15(2)28)18-13-20(29)22(33-5)9-7-17(18)23(16)25(31-4)24(21)30-3/h7,9,12-13,19H,6,8,10-11H2,1-5H3,(H,26,28)/t19-/m0/s1. The van der Waals surface area contributed by atoms with Crippen LogP contribution in [0.2, 0.25) is 0 Å². The number of ketones is 1. The number of aryl methyl sites for hydroxylation is 1. The lowest BCUT2D eigenvalue weighted by atomic mass is 9.95. The molecular weight excluding hydrogens is 442 g/mol. The molecule has 0 saturated carbocycles. The van der Waals surface area contributed by atoms with E-state index in [1.807, 2.05) is 18.4 Å². The summed E-state index contributed by atoms with van der Waals surface area (Å²) < 4.78 is 17.4. The summed E-state index contributed by atoms with van der Waals surface area (Å²) in [6, 6.07) is 6.88. The normalized spacial score (nSPS) is 14.4. The van der Waals surface area contributed by atoms with E-state index < -0.39 is 0 Å². The molecule has 1 atom stereocenters. The van der Waals surface area contributed by atoms with Crippen LogP contribution in [0.4, 0.5) is 0 Å². The molecule has 0 aromatic heterocycles. The molecule has 0 spiro atoms. The summed E-state index contributed by atoms with van der Waals surface area (Å²) in [6.45, 7) is 3.21. The Morgan fingerprint density at radius 1 is 1.12 bits per heavy atom. The summed E-state index contributed by atoms with van der Waals surface area (Å²) in [5.74, 6) is 1.26. The number of rotatable bonds is 8. The fourth-order valence-corrected chi connectivity index (χ4v) is 4.59. The lowest BCUT2D eigenvalue weighted by Gasteiger charge is -2.20. The van der Waals surface area contributed by atoms with E-state index >= 15 is 0 Å². The maximum Gasteiger partial charge on any atom is 0.217 e. The Balaban J connectivity index is 2.28. The first kappa shape index (κ1) is 24.6. The molecule has 2 aromatic rings. The summed E-state index contributed by atoms with van der Waals surface area (Å²) in [5, 5.41) is 2.99. The van der Waals surface area contributed by atoms with Gasteiger partial charge < -0.3 is 19.5 Å². The Bertz CT molecular complexity index is 1130. The average Bonchev–Trinajstić information content (AvgIpc) is 3.01. The number of ether oxygens (including phenoxy) is 3. The lowest BCUT2D eigenvalue weighted by molar-refractivity contribution is -0.120. The van der Waals surface area contributed by atoms with Crippen LogP contribution in [-0.2, 0) is 16.0 Å². The zero-order valence-electron chi connectivity index (χ0n) is 19.6. The maximum atomic E-state index is 12.8. The summed E-state index contributed by atoms with van der Waals surface area (Å²) in [6.07, 6.45) is 3.36. The van der Waals surface area contributed by atoms with Gasteiger partial charge in [0.25, 0.3) is 0 Å². The third-order valence-corrected chi connectivity index (χ3v) is 6.37. The fourth-order valence-electron chi connectivity index (χ4n) is 4.12. The average molecular weight is 472 g/mol. The molecule has 0 radical (unpaired) electrons. The Hall–Kier alpha value is -3.00. The van der Waals surface area contributed by atoms with Gasteiger partial charge in [0.15, 0.2) is 16.9 Å². The third-order valence-electron chi connectivity index (χ3n) is 5.59. The van der Waals surface area contributed by atoms with Crippen LogP contribution in [-0.4, -0.2) is 38.8 Å². The second-order valence-electron chi connectivity index (χ2n) is 7.85. The lowest BCUT2D eigenvalue weighted by Crippen LogP contribution is -2.26. The van der Waals surface area contributed by atoms with Gasteiger partial charge in [0.2, 0.25) is 11.7 Å². The molecule has 33 heavy (non-hydrogen) atoms. The van der Waals surface area contributed by atoms with Crippen LogP contribution in [0.25, 0.3) is 11.1 Å². The van der Waals surface area contributed by atoms with Crippen molar-refractivity contribution in [2.45, 2.75) is 44.0 Å². The molecule has 176 valence electrons. The molecule has 0 heterocycles. The molecule has 2 aromatic carbocycles. The number of carbonyl (C=O) groups is 2. The van der Waals surface area contributed by atoms with E-state index in [1.54, 1.807) is 19.2 Å². The van der Waals surface area contributed by atoms with Crippen molar-refractivity contribution in [1.82, 2.24) is 5.32 Å². The van der Waals surface area contributed by atoms with Gasteiger partial charge >= 0.3 is 0 Å². The zero-order valence-corrected chi connectivity index (χ0v) is 20.4. The molecular formula is C25H29NO6S. The highest BCUT2D eigenvalue weighted by atomic mass is 32.2. The SMILES string of the molecule is COc1c(OCCC(C)=O)cc2c(c1OC)-c1ccc(SC)c(=O)cc1[C@@H](NC(C)=O)CC2. The summed E-state index contributed by atoms with van der Waals surface area (Å²) >= 11 is 1.38. The Kier molecular flexibility index (Phi) is 8.02. The first-order valence-corrected chi connectivity index (χ1v) is 11.9. The highest BCUT2D eigenvalue weighted by Gasteiger charge is 2.29. The van der Waals surface area contributed by atoms with Gasteiger partial charge in [-0.1, -0.05) is 6.07 Å². The monoisotopic (exact) mass is 471 g/mol. The molecule has 0 fully saturated rings. The molecule has 0 unspecified atom stereocenters. The van der Waals surface area contributed by atoms with Crippen LogP contribution in [0, 0.1) is 0 Å². The molecule has 0 aliphatic heterocycles. The Morgan fingerprint density at radius 2 is 1.85 bits per heavy atom. The number of carbonyl (C=O) groups excluding carboxylic acids is 2. The first-order chi connectivity index (χ1) is 15.8. The van der Waals surface area contributed by atoms with Crippen LogP contribution >= 0.6 is 11.8 Å². The van der Waals surface area contributed by atoms with Gasteiger partial charge in [-0.25, -0.2) is 0 Å². The van der Waals surface area contributed by atoms with Gasteiger partial charge in [-0.2, -0.15) is 0 Å². The van der Waals surface area contributed by atoms with E-state index in [9.17, 15) is 14.4 Å². The number of thioether (sulfide) groups is 1. The van der Waals surface area contributed by atoms with Crippen molar-refractivity contribution in [3.8, 4) is 28.4 Å². The van der Waals surface area contributed by atoms with Gasteiger partial charge in [0.1, 0.15) is 5.78 Å². The number of nitrogens with one attached hydrogen (secondary N) is 1. The topological polar surface area (TPSA) is 90.9 Å². The van der Waals surface area contributed by atoms with E-state index in [-0.39, 0.29) is 36.2 Å². The smallest absolute Gasteiger partial charge is 0.217 e. The van der Waals surface area contributed by atoms with Crippen molar-refractivity contribution < 1.29 is 23.8 Å². The molecule has 0 saturated heterocycles. The number of fused-ring (bicyclic) bond motifs is 3. The number of amides is 1. The van der Waals surface area contributed by atoms with Crippen LogP contribution in [0.15, 0.2) is 34.0 Å². The number of hydrogen-bond donors (Lipinski definition) is 1.